The van der Waals surface area contributed by atoms with Gasteiger partial charge in [0.05, 0.1) is 36.4 Å². The van der Waals surface area contributed by atoms with Crippen molar-refractivity contribution in [2.24, 2.45) is 5.18 Å². The summed E-state index contributed by atoms with van der Waals surface area (Å²) < 4.78 is 59.7. The van der Waals surface area contributed by atoms with Crippen molar-refractivity contribution >= 4 is 32.3 Å². The zero-order chi connectivity index (χ0) is 25.4. The second-order valence-corrected chi connectivity index (χ2v) is 9.71. The average molecular weight is 514 g/mol. The van der Waals surface area contributed by atoms with E-state index in [0.717, 1.165) is 0 Å². The quantitative estimate of drug-likeness (QED) is 0.345. The van der Waals surface area contributed by atoms with Gasteiger partial charge < -0.3 is 23.9 Å². The zero-order valence-corrected chi connectivity index (χ0v) is 19.7. The topological polar surface area (TPSA) is 128 Å². The zero-order valence-electron chi connectivity index (χ0n) is 18.9. The Labute approximate surface area is 204 Å². The molecule has 12 heteroatoms. The lowest BCUT2D eigenvalue weighted by atomic mass is 10.1. The molecule has 0 saturated heterocycles. The first-order chi connectivity index (χ1) is 17.3. The van der Waals surface area contributed by atoms with Crippen LogP contribution in [0.2, 0.25) is 0 Å². The molecular weight excluding hydrogens is 493 g/mol. The standard InChI is InChI=1S/C24H20FN3O7S/c1-33-18-3-5-19(6-4-18)36(31,32)27-17-2-7-20-21(10-17)28(24(29)22(20)26-30)11-14-8-16(25)9-15-12-34-13-35-23(14)15/h2-10,27,29H,11-13H2,1H3. The van der Waals surface area contributed by atoms with Gasteiger partial charge in [0.25, 0.3) is 10.0 Å². The highest BCUT2D eigenvalue weighted by molar-refractivity contribution is 7.92. The van der Waals surface area contributed by atoms with Gasteiger partial charge in [0, 0.05) is 16.5 Å². The Balaban J connectivity index is 1.56. The second-order valence-electron chi connectivity index (χ2n) is 8.03. The third kappa shape index (κ3) is 4.20. The summed E-state index contributed by atoms with van der Waals surface area (Å²) in [5.41, 5.74) is 1.18. The first-order valence-corrected chi connectivity index (χ1v) is 12.2. The fourth-order valence-corrected chi connectivity index (χ4v) is 5.19. The molecule has 0 bridgehead atoms. The van der Waals surface area contributed by atoms with Crippen molar-refractivity contribution in [3.8, 4) is 17.4 Å². The lowest BCUT2D eigenvalue weighted by Gasteiger charge is -2.21. The minimum Gasteiger partial charge on any atom is -0.497 e. The van der Waals surface area contributed by atoms with Gasteiger partial charge in [-0.25, -0.2) is 12.8 Å². The number of hydrogen-bond acceptors (Lipinski definition) is 8. The number of fused-ring (bicyclic) bond motifs is 2. The molecule has 2 N–H and O–H groups in total. The van der Waals surface area contributed by atoms with Crippen LogP contribution in [0.3, 0.4) is 0 Å². The van der Waals surface area contributed by atoms with E-state index in [-0.39, 0.29) is 36.2 Å². The van der Waals surface area contributed by atoms with Gasteiger partial charge in [-0.05, 0) is 59.8 Å². The van der Waals surface area contributed by atoms with Gasteiger partial charge in [-0.2, -0.15) is 0 Å². The number of aromatic hydroxyl groups is 1. The van der Waals surface area contributed by atoms with Crippen molar-refractivity contribution in [3.63, 3.8) is 0 Å². The third-order valence-corrected chi connectivity index (χ3v) is 7.20. The fourth-order valence-electron chi connectivity index (χ4n) is 4.14. The molecule has 0 spiro atoms. The molecule has 36 heavy (non-hydrogen) atoms. The highest BCUT2D eigenvalue weighted by atomic mass is 32.2. The number of nitroso groups, excluding NO2 is 1. The monoisotopic (exact) mass is 513 g/mol. The Morgan fingerprint density at radius 1 is 1.17 bits per heavy atom. The van der Waals surface area contributed by atoms with Gasteiger partial charge >= 0.3 is 0 Å². The van der Waals surface area contributed by atoms with E-state index in [1.54, 1.807) is 0 Å². The summed E-state index contributed by atoms with van der Waals surface area (Å²) in [5.74, 6) is -0.0378. The smallest absolute Gasteiger partial charge is 0.261 e. The van der Waals surface area contributed by atoms with Crippen LogP contribution in [0.5, 0.6) is 17.4 Å². The van der Waals surface area contributed by atoms with Crippen LogP contribution in [0.25, 0.3) is 10.9 Å². The molecule has 1 aliphatic rings. The van der Waals surface area contributed by atoms with Gasteiger partial charge in [0.1, 0.15) is 17.3 Å². The largest absolute Gasteiger partial charge is 0.497 e. The molecule has 5 rings (SSSR count). The van der Waals surface area contributed by atoms with Crippen molar-refractivity contribution in [2.75, 3.05) is 18.6 Å². The van der Waals surface area contributed by atoms with Crippen molar-refractivity contribution in [2.45, 2.75) is 18.0 Å². The molecule has 10 nitrogen and oxygen atoms in total. The maximum absolute atomic E-state index is 14.3. The SMILES string of the molecule is COc1ccc(S(=O)(=O)Nc2ccc3c(N=O)c(O)n(Cc4cc(F)cc5c4OCOC5)c3c2)cc1. The van der Waals surface area contributed by atoms with Crippen LogP contribution in [0.4, 0.5) is 15.8 Å². The van der Waals surface area contributed by atoms with Crippen molar-refractivity contribution in [3.05, 3.63) is 76.4 Å². The second kappa shape index (κ2) is 9.13. The van der Waals surface area contributed by atoms with Crippen molar-refractivity contribution < 1.29 is 32.1 Å². The van der Waals surface area contributed by atoms with E-state index >= 15 is 0 Å². The Morgan fingerprint density at radius 2 is 1.94 bits per heavy atom. The predicted molar refractivity (Wildman–Crippen MR) is 129 cm³/mol. The van der Waals surface area contributed by atoms with E-state index in [1.165, 1.54) is 66.3 Å². The molecule has 4 aromatic rings. The number of nitrogens with one attached hydrogen (secondary N) is 1. The van der Waals surface area contributed by atoms with Gasteiger partial charge in [0.15, 0.2) is 12.5 Å². The molecule has 1 aliphatic heterocycles. The molecule has 0 fully saturated rings. The van der Waals surface area contributed by atoms with E-state index < -0.39 is 21.7 Å². The number of nitrogens with zero attached hydrogens (tertiary/aromatic N) is 2. The van der Waals surface area contributed by atoms with Gasteiger partial charge in [-0.1, -0.05) is 0 Å². The van der Waals surface area contributed by atoms with E-state index in [9.17, 15) is 22.8 Å². The Hall–Kier alpha value is -4.16. The first kappa shape index (κ1) is 23.6. The van der Waals surface area contributed by atoms with Crippen LogP contribution in [0, 0.1) is 10.7 Å². The van der Waals surface area contributed by atoms with Gasteiger partial charge in [-0.15, -0.1) is 4.91 Å². The third-order valence-electron chi connectivity index (χ3n) is 5.80. The Bertz CT molecular complexity index is 1580. The number of rotatable bonds is 7. The average Bonchev–Trinajstić information content (AvgIpc) is 3.13. The number of methoxy groups -OCH3 is 1. The maximum Gasteiger partial charge on any atom is 0.261 e. The number of ether oxygens (including phenoxy) is 3. The van der Waals surface area contributed by atoms with E-state index in [1.807, 2.05) is 0 Å². The number of sulfonamides is 1. The normalized spacial score (nSPS) is 13.2. The van der Waals surface area contributed by atoms with Crippen molar-refractivity contribution in [1.29, 1.82) is 0 Å². The summed E-state index contributed by atoms with van der Waals surface area (Å²) in [5, 5.41) is 14.0. The molecule has 1 aromatic heterocycles. The lowest BCUT2D eigenvalue weighted by Crippen LogP contribution is -2.15. The number of benzene rings is 3. The number of aromatic nitrogens is 1. The maximum atomic E-state index is 14.3. The molecule has 3 aromatic carbocycles. The fraction of sp³-hybridized carbons (Fsp3) is 0.167. The van der Waals surface area contributed by atoms with Crippen LogP contribution in [-0.4, -0.2) is 32.0 Å². The summed E-state index contributed by atoms with van der Waals surface area (Å²) in [6.07, 6.45) is 0. The highest BCUT2D eigenvalue weighted by Crippen LogP contribution is 2.41. The number of hydrogen-bond donors (Lipinski definition) is 2. The molecule has 0 atom stereocenters. The van der Waals surface area contributed by atoms with Crippen LogP contribution < -0.4 is 14.2 Å². The summed E-state index contributed by atoms with van der Waals surface area (Å²) >= 11 is 0. The lowest BCUT2D eigenvalue weighted by molar-refractivity contribution is -0.0173. The minimum atomic E-state index is -3.95. The first-order valence-electron chi connectivity index (χ1n) is 10.7. The van der Waals surface area contributed by atoms with Crippen LogP contribution in [0.15, 0.2) is 64.7 Å². The van der Waals surface area contributed by atoms with E-state index in [4.69, 9.17) is 14.2 Å². The molecule has 0 amide bonds. The highest BCUT2D eigenvalue weighted by Gasteiger charge is 2.23. The molecule has 186 valence electrons. The van der Waals surface area contributed by atoms with Crippen LogP contribution >= 0.6 is 0 Å². The summed E-state index contributed by atoms with van der Waals surface area (Å²) in [4.78, 5) is 11.5. The molecule has 0 unspecified atom stereocenters. The van der Waals surface area contributed by atoms with E-state index in [2.05, 4.69) is 9.90 Å². The van der Waals surface area contributed by atoms with Gasteiger partial charge in [-0.3, -0.25) is 4.72 Å². The predicted octanol–water partition coefficient (Wildman–Crippen LogP) is 4.61. The summed E-state index contributed by atoms with van der Waals surface area (Å²) in [7, 11) is -2.48. The Kier molecular flexibility index (Phi) is 5.98. The number of halogens is 1. The molecular formula is C24H20FN3O7S. The molecule has 0 radical (unpaired) electrons. The Morgan fingerprint density at radius 3 is 2.67 bits per heavy atom. The summed E-state index contributed by atoms with van der Waals surface area (Å²) in [6, 6.07) is 12.8. The minimum absolute atomic E-state index is 0.0114. The van der Waals surface area contributed by atoms with Crippen LogP contribution in [0.1, 0.15) is 11.1 Å². The van der Waals surface area contributed by atoms with Gasteiger partial charge in [0.2, 0.25) is 5.88 Å². The van der Waals surface area contributed by atoms with Crippen molar-refractivity contribution in [1.82, 2.24) is 4.57 Å². The van der Waals surface area contributed by atoms with Crippen LogP contribution in [-0.2, 0) is 27.9 Å². The van der Waals surface area contributed by atoms with E-state index in [0.29, 0.717) is 33.5 Å². The molecule has 0 aliphatic carbocycles. The summed E-state index contributed by atoms with van der Waals surface area (Å²) in [6.45, 7) is 0.0754. The number of anilines is 1. The molecule has 2 heterocycles. The molecule has 0 saturated carbocycles.